The minimum absolute atomic E-state index is 0.000224. The second-order valence-electron chi connectivity index (χ2n) is 5.39. The van der Waals surface area contributed by atoms with Gasteiger partial charge in [-0.2, -0.15) is 0 Å². The predicted molar refractivity (Wildman–Crippen MR) is 94.5 cm³/mol. The summed E-state index contributed by atoms with van der Waals surface area (Å²) in [5, 5.41) is 0.319. The van der Waals surface area contributed by atoms with Crippen molar-refractivity contribution in [3.8, 4) is 11.5 Å². The van der Waals surface area contributed by atoms with E-state index in [1.54, 1.807) is 13.0 Å². The summed E-state index contributed by atoms with van der Waals surface area (Å²) < 4.78 is 38.4. The van der Waals surface area contributed by atoms with Crippen LogP contribution in [-0.4, -0.2) is 28.2 Å². The van der Waals surface area contributed by atoms with Gasteiger partial charge in [0.2, 0.25) is 10.0 Å². The number of sulfonamides is 1. The molecule has 0 heterocycles. The van der Waals surface area contributed by atoms with Gasteiger partial charge >= 0.3 is 0 Å². The minimum Gasteiger partial charge on any atom is -0.495 e. The summed E-state index contributed by atoms with van der Waals surface area (Å²) in [5.41, 5.74) is 0.990. The number of aryl methyl sites for hydroxylation is 1. The fourth-order valence-electron chi connectivity index (χ4n) is 2.16. The first-order valence-electron chi connectivity index (χ1n) is 7.38. The van der Waals surface area contributed by atoms with Gasteiger partial charge in [-0.3, -0.25) is 0 Å². The third-order valence-electron chi connectivity index (χ3n) is 3.35. The molecule has 0 amide bonds. The van der Waals surface area contributed by atoms with E-state index < -0.39 is 16.1 Å². The summed E-state index contributed by atoms with van der Waals surface area (Å²) in [6.07, 6.45) is 0. The van der Waals surface area contributed by atoms with E-state index in [0.29, 0.717) is 5.02 Å². The molecule has 5 nitrogen and oxygen atoms in total. The Hall–Kier alpha value is -1.76. The van der Waals surface area contributed by atoms with Gasteiger partial charge in [0, 0.05) is 5.02 Å². The van der Waals surface area contributed by atoms with Gasteiger partial charge in [-0.1, -0.05) is 29.8 Å². The van der Waals surface area contributed by atoms with Gasteiger partial charge in [-0.25, -0.2) is 13.1 Å². The lowest BCUT2D eigenvalue weighted by atomic mass is 10.2. The number of para-hydroxylation sites is 1. The standard InChI is InChI=1S/C17H20ClNO4S/c1-12-6-4-5-7-15(12)23-11-13(2)19-24(20,21)17-10-14(18)8-9-16(17)22-3/h4-10,13,19H,11H2,1-3H3/t13-/m0/s1. The van der Waals surface area contributed by atoms with Gasteiger partial charge in [0.05, 0.1) is 13.2 Å². The summed E-state index contributed by atoms with van der Waals surface area (Å²) in [4.78, 5) is 0.000224. The fraction of sp³-hybridized carbons (Fsp3) is 0.294. The Bertz CT molecular complexity index is 808. The predicted octanol–water partition coefficient (Wildman–Crippen LogP) is 3.40. The van der Waals surface area contributed by atoms with Crippen LogP contribution in [0.25, 0.3) is 0 Å². The molecule has 0 radical (unpaired) electrons. The molecule has 0 aliphatic heterocycles. The maximum Gasteiger partial charge on any atom is 0.244 e. The SMILES string of the molecule is COc1ccc(Cl)cc1S(=O)(=O)N[C@@H](C)COc1ccccc1C. The number of rotatable bonds is 7. The van der Waals surface area contributed by atoms with Crippen LogP contribution in [0.2, 0.25) is 5.02 Å². The van der Waals surface area contributed by atoms with Crippen LogP contribution in [-0.2, 0) is 10.0 Å². The molecule has 0 aliphatic rings. The largest absolute Gasteiger partial charge is 0.495 e. The normalized spacial score (nSPS) is 12.7. The number of benzene rings is 2. The Balaban J connectivity index is 2.09. The average molecular weight is 370 g/mol. The molecule has 0 bridgehead atoms. The van der Waals surface area contributed by atoms with Gasteiger partial charge in [0.25, 0.3) is 0 Å². The van der Waals surface area contributed by atoms with Crippen LogP contribution in [0.1, 0.15) is 12.5 Å². The first kappa shape index (κ1) is 18.6. The van der Waals surface area contributed by atoms with E-state index in [1.807, 2.05) is 31.2 Å². The molecule has 2 rings (SSSR count). The lowest BCUT2D eigenvalue weighted by Gasteiger charge is -2.17. The first-order chi connectivity index (χ1) is 11.3. The highest BCUT2D eigenvalue weighted by atomic mass is 35.5. The summed E-state index contributed by atoms with van der Waals surface area (Å²) in [6, 6.07) is 11.6. The molecule has 24 heavy (non-hydrogen) atoms. The molecule has 0 fully saturated rings. The van der Waals surface area contributed by atoms with Crippen LogP contribution in [0.4, 0.5) is 0 Å². The van der Waals surface area contributed by atoms with Gasteiger partial charge in [0.1, 0.15) is 23.0 Å². The molecule has 1 N–H and O–H groups in total. The number of halogens is 1. The zero-order valence-corrected chi connectivity index (χ0v) is 15.3. The topological polar surface area (TPSA) is 64.6 Å². The van der Waals surface area contributed by atoms with Crippen LogP contribution in [0.5, 0.6) is 11.5 Å². The maximum absolute atomic E-state index is 12.5. The lowest BCUT2D eigenvalue weighted by molar-refractivity contribution is 0.285. The molecule has 1 atom stereocenters. The third kappa shape index (κ3) is 4.63. The van der Waals surface area contributed by atoms with Gasteiger partial charge < -0.3 is 9.47 Å². The average Bonchev–Trinajstić information content (AvgIpc) is 2.53. The van der Waals surface area contributed by atoms with Gasteiger partial charge in [-0.05, 0) is 43.7 Å². The number of methoxy groups -OCH3 is 1. The van der Waals surface area contributed by atoms with Crippen molar-refractivity contribution in [2.75, 3.05) is 13.7 Å². The summed E-state index contributed by atoms with van der Waals surface area (Å²) in [5.74, 6) is 0.961. The highest BCUT2D eigenvalue weighted by Crippen LogP contribution is 2.27. The zero-order chi connectivity index (χ0) is 17.7. The van der Waals surface area contributed by atoms with Crippen LogP contribution in [0, 0.1) is 6.92 Å². The van der Waals surface area contributed by atoms with Gasteiger partial charge in [0.15, 0.2) is 0 Å². The number of nitrogens with one attached hydrogen (secondary N) is 1. The fourth-order valence-corrected chi connectivity index (χ4v) is 3.82. The molecule has 0 saturated carbocycles. The highest BCUT2D eigenvalue weighted by molar-refractivity contribution is 7.89. The van der Waals surface area contributed by atoms with Crippen molar-refractivity contribution in [3.63, 3.8) is 0 Å². The first-order valence-corrected chi connectivity index (χ1v) is 9.24. The van der Waals surface area contributed by atoms with E-state index >= 15 is 0 Å². The molecule has 0 aromatic heterocycles. The Morgan fingerprint density at radius 2 is 1.88 bits per heavy atom. The van der Waals surface area contributed by atoms with E-state index in [-0.39, 0.29) is 17.3 Å². The second kappa shape index (κ2) is 7.88. The Morgan fingerprint density at radius 3 is 2.54 bits per heavy atom. The van der Waals surface area contributed by atoms with Crippen LogP contribution in [0.15, 0.2) is 47.4 Å². The van der Waals surface area contributed by atoms with Crippen molar-refractivity contribution in [2.24, 2.45) is 0 Å². The van der Waals surface area contributed by atoms with E-state index in [4.69, 9.17) is 21.1 Å². The Kier molecular flexibility index (Phi) is 6.10. The quantitative estimate of drug-likeness (QED) is 0.812. The van der Waals surface area contributed by atoms with E-state index in [0.717, 1.165) is 11.3 Å². The molecule has 2 aromatic rings. The Labute approximate surface area is 147 Å². The van der Waals surface area contributed by atoms with Crippen molar-refractivity contribution in [3.05, 3.63) is 53.1 Å². The minimum atomic E-state index is -3.78. The van der Waals surface area contributed by atoms with Crippen molar-refractivity contribution >= 4 is 21.6 Å². The lowest BCUT2D eigenvalue weighted by Crippen LogP contribution is -2.37. The highest BCUT2D eigenvalue weighted by Gasteiger charge is 2.22. The molecular weight excluding hydrogens is 350 g/mol. The van der Waals surface area contributed by atoms with Crippen LogP contribution in [0.3, 0.4) is 0 Å². The molecule has 0 aliphatic carbocycles. The van der Waals surface area contributed by atoms with Gasteiger partial charge in [-0.15, -0.1) is 0 Å². The maximum atomic E-state index is 12.5. The molecule has 0 saturated heterocycles. The van der Waals surface area contributed by atoms with Crippen molar-refractivity contribution in [2.45, 2.75) is 24.8 Å². The summed E-state index contributed by atoms with van der Waals surface area (Å²) in [7, 11) is -2.37. The molecule has 130 valence electrons. The molecule has 0 spiro atoms. The number of ether oxygens (including phenoxy) is 2. The Morgan fingerprint density at radius 1 is 1.17 bits per heavy atom. The number of hydrogen-bond donors (Lipinski definition) is 1. The second-order valence-corrected chi connectivity index (χ2v) is 7.51. The van der Waals surface area contributed by atoms with Crippen LogP contribution >= 0.6 is 11.6 Å². The third-order valence-corrected chi connectivity index (χ3v) is 5.20. The summed E-state index contributed by atoms with van der Waals surface area (Å²) in [6.45, 7) is 3.86. The molecule has 2 aromatic carbocycles. The van der Waals surface area contributed by atoms with E-state index in [2.05, 4.69) is 4.72 Å². The van der Waals surface area contributed by atoms with E-state index in [1.165, 1.54) is 19.2 Å². The zero-order valence-electron chi connectivity index (χ0n) is 13.7. The number of hydrogen-bond acceptors (Lipinski definition) is 4. The monoisotopic (exact) mass is 369 g/mol. The molecular formula is C17H20ClNO4S. The van der Waals surface area contributed by atoms with Crippen molar-refractivity contribution in [1.82, 2.24) is 4.72 Å². The molecule has 7 heteroatoms. The van der Waals surface area contributed by atoms with Crippen molar-refractivity contribution < 1.29 is 17.9 Å². The van der Waals surface area contributed by atoms with Crippen LogP contribution < -0.4 is 14.2 Å². The van der Waals surface area contributed by atoms with E-state index in [9.17, 15) is 8.42 Å². The smallest absolute Gasteiger partial charge is 0.244 e. The summed E-state index contributed by atoms with van der Waals surface area (Å²) >= 11 is 5.90. The van der Waals surface area contributed by atoms with Crippen molar-refractivity contribution in [1.29, 1.82) is 0 Å². The molecule has 0 unspecified atom stereocenters.